The highest BCUT2D eigenvalue weighted by Crippen LogP contribution is 1.91. The molecule has 17 nitrogen and oxygen atoms in total. The number of rotatable bonds is 15. The number of aliphatic carboxylic acids is 1. The molecule has 33 heavy (non-hydrogen) atoms. The lowest BCUT2D eigenvalue weighted by molar-refractivity contribution is -0.143. The largest absolute Gasteiger partial charge is 0.480 e. The summed E-state index contributed by atoms with van der Waals surface area (Å²) in [6, 6.07) is -6.31. The van der Waals surface area contributed by atoms with E-state index in [0.29, 0.717) is 0 Å². The number of carbonyl (C=O) groups excluding carboxylic acids is 5. The topological polar surface area (TPSA) is 290 Å². The van der Waals surface area contributed by atoms with Gasteiger partial charge in [-0.3, -0.25) is 24.0 Å². The number of hydrogen-bond donors (Lipinski definition) is 11. The number of aliphatic hydroxyl groups excluding tert-OH is 4. The molecular formula is C16H28N6O11. The van der Waals surface area contributed by atoms with Crippen LogP contribution in [-0.4, -0.2) is 125 Å². The number of carboxylic acids is 1. The highest BCUT2D eigenvalue weighted by Gasteiger charge is 2.28. The number of nitrogens with one attached hydrogen (secondary N) is 5. The molecule has 0 fully saturated rings. The predicted octanol–water partition coefficient (Wildman–Crippen LogP) is -7.95. The van der Waals surface area contributed by atoms with Crippen molar-refractivity contribution in [3.8, 4) is 0 Å². The van der Waals surface area contributed by atoms with Crippen LogP contribution in [0.5, 0.6) is 0 Å². The van der Waals surface area contributed by atoms with E-state index in [-0.39, 0.29) is 0 Å². The second-order valence-electron chi connectivity index (χ2n) is 6.35. The van der Waals surface area contributed by atoms with Gasteiger partial charge in [0.25, 0.3) is 0 Å². The van der Waals surface area contributed by atoms with Gasteiger partial charge in [-0.25, -0.2) is 4.79 Å². The van der Waals surface area contributed by atoms with Crippen molar-refractivity contribution in [2.24, 2.45) is 5.73 Å². The third-order valence-corrected chi connectivity index (χ3v) is 3.89. The lowest BCUT2D eigenvalue weighted by Crippen LogP contribution is -2.58. The Morgan fingerprint density at radius 2 is 1.00 bits per heavy atom. The van der Waals surface area contributed by atoms with Gasteiger partial charge in [-0.05, 0) is 0 Å². The van der Waals surface area contributed by atoms with Gasteiger partial charge in [-0.1, -0.05) is 0 Å². The molecule has 5 amide bonds. The van der Waals surface area contributed by atoms with Crippen molar-refractivity contribution in [3.05, 3.63) is 0 Å². The number of nitrogens with two attached hydrogens (primary N) is 1. The zero-order valence-corrected chi connectivity index (χ0v) is 17.3. The van der Waals surface area contributed by atoms with Gasteiger partial charge in [0, 0.05) is 0 Å². The number of carboxylic acid groups (broad SMARTS) is 1. The molecular weight excluding hydrogens is 452 g/mol. The lowest BCUT2D eigenvalue weighted by Gasteiger charge is -2.21. The van der Waals surface area contributed by atoms with E-state index in [4.69, 9.17) is 21.1 Å². The molecule has 0 radical (unpaired) electrons. The van der Waals surface area contributed by atoms with Crippen LogP contribution < -0.4 is 32.3 Å². The third-order valence-electron chi connectivity index (χ3n) is 3.89. The molecule has 0 aliphatic heterocycles. The minimum absolute atomic E-state index is 0.466. The molecule has 0 bridgehead atoms. The molecule has 17 heteroatoms. The van der Waals surface area contributed by atoms with E-state index in [2.05, 4.69) is 5.32 Å². The molecule has 188 valence electrons. The van der Waals surface area contributed by atoms with Crippen LogP contribution in [0.4, 0.5) is 0 Å². The number of carbonyl (C=O) groups is 6. The Morgan fingerprint density at radius 3 is 1.39 bits per heavy atom. The molecule has 0 saturated carbocycles. The molecule has 0 rings (SSSR count). The van der Waals surface area contributed by atoms with Gasteiger partial charge in [0.15, 0.2) is 0 Å². The van der Waals surface area contributed by atoms with Crippen LogP contribution in [0.1, 0.15) is 0 Å². The van der Waals surface area contributed by atoms with E-state index < -0.39 is 99.2 Å². The van der Waals surface area contributed by atoms with Crippen molar-refractivity contribution in [3.63, 3.8) is 0 Å². The Balaban J connectivity index is 4.80. The van der Waals surface area contributed by atoms with Crippen LogP contribution in [0, 0.1) is 0 Å². The van der Waals surface area contributed by atoms with E-state index >= 15 is 0 Å². The van der Waals surface area contributed by atoms with Crippen LogP contribution in [0.3, 0.4) is 0 Å². The van der Waals surface area contributed by atoms with Gasteiger partial charge in [0.05, 0.1) is 39.5 Å². The smallest absolute Gasteiger partial charge is 0.328 e. The standard InChI is InChI=1S/C16H28N6O11/c17-1-11(27)19-8(4-24)14(30)21-7(3-23)13(29)18-2-12(28)20-9(5-25)15(31)22-10(6-26)16(32)33/h7-10,23-26H,1-6,17H2,(H,18,29)(H,19,27)(H,20,28)(H,21,30)(H,22,31)(H,32,33)/t7-,8-,9-,10-/m0/s1. The Kier molecular flexibility index (Phi) is 13.8. The molecule has 12 N–H and O–H groups in total. The fraction of sp³-hybridized carbons (Fsp3) is 0.625. The summed E-state index contributed by atoms with van der Waals surface area (Å²) >= 11 is 0. The minimum atomic E-state index is -1.67. The van der Waals surface area contributed by atoms with Crippen LogP contribution in [0.25, 0.3) is 0 Å². The van der Waals surface area contributed by atoms with Crippen molar-refractivity contribution >= 4 is 35.5 Å². The van der Waals surface area contributed by atoms with Crippen molar-refractivity contribution < 1.29 is 54.3 Å². The predicted molar refractivity (Wildman–Crippen MR) is 106 cm³/mol. The Bertz CT molecular complexity index is 719. The fourth-order valence-corrected chi connectivity index (χ4v) is 2.10. The maximum atomic E-state index is 12.1. The molecule has 0 saturated heterocycles. The van der Waals surface area contributed by atoms with E-state index in [1.807, 2.05) is 21.3 Å². The summed E-state index contributed by atoms with van der Waals surface area (Å²) < 4.78 is 0. The highest BCUT2D eigenvalue weighted by atomic mass is 16.4. The van der Waals surface area contributed by atoms with Crippen LogP contribution in [-0.2, 0) is 28.8 Å². The van der Waals surface area contributed by atoms with Crippen LogP contribution in [0.15, 0.2) is 0 Å². The Morgan fingerprint density at radius 1 is 0.606 bits per heavy atom. The maximum absolute atomic E-state index is 12.1. The molecule has 0 unspecified atom stereocenters. The Labute approximate surface area is 186 Å². The molecule has 0 aromatic rings. The summed E-state index contributed by atoms with van der Waals surface area (Å²) in [5.74, 6) is -6.49. The minimum Gasteiger partial charge on any atom is -0.480 e. The van der Waals surface area contributed by atoms with E-state index in [0.717, 1.165) is 0 Å². The zero-order chi connectivity index (χ0) is 25.6. The maximum Gasteiger partial charge on any atom is 0.328 e. The molecule has 0 heterocycles. The van der Waals surface area contributed by atoms with Crippen LogP contribution in [0.2, 0.25) is 0 Å². The normalized spacial score (nSPS) is 14.1. The fourth-order valence-electron chi connectivity index (χ4n) is 2.10. The average Bonchev–Trinajstić information content (AvgIpc) is 2.80. The highest BCUT2D eigenvalue weighted by molar-refractivity contribution is 5.95. The van der Waals surface area contributed by atoms with Crippen molar-refractivity contribution in [2.45, 2.75) is 24.2 Å². The summed E-state index contributed by atoms with van der Waals surface area (Å²) in [7, 11) is 0. The summed E-state index contributed by atoms with van der Waals surface area (Å²) in [6.45, 7) is -4.86. The third kappa shape index (κ3) is 10.7. The van der Waals surface area contributed by atoms with Gasteiger partial charge in [-0.2, -0.15) is 0 Å². The van der Waals surface area contributed by atoms with Gasteiger partial charge in [0.2, 0.25) is 29.5 Å². The molecule has 0 aliphatic carbocycles. The Hall–Kier alpha value is -3.38. The molecule has 0 aliphatic rings. The van der Waals surface area contributed by atoms with Crippen LogP contribution >= 0.6 is 0 Å². The SMILES string of the molecule is NCC(=O)N[C@@H](CO)C(=O)N[C@@H](CO)C(=O)NCC(=O)N[C@@H](CO)C(=O)N[C@@H](CO)C(=O)O. The lowest BCUT2D eigenvalue weighted by atomic mass is 10.2. The number of amides is 5. The van der Waals surface area contributed by atoms with Gasteiger partial charge in [0.1, 0.15) is 24.2 Å². The number of aliphatic hydroxyl groups is 4. The molecule has 0 aromatic carbocycles. The van der Waals surface area contributed by atoms with E-state index in [1.165, 1.54) is 0 Å². The molecule has 0 spiro atoms. The number of hydrogen-bond acceptors (Lipinski definition) is 11. The summed E-state index contributed by atoms with van der Waals surface area (Å²) in [4.78, 5) is 70.0. The second kappa shape index (κ2) is 15.4. The molecule has 4 atom stereocenters. The van der Waals surface area contributed by atoms with E-state index in [1.54, 1.807) is 0 Å². The second-order valence-corrected chi connectivity index (χ2v) is 6.35. The first-order chi connectivity index (χ1) is 15.5. The van der Waals surface area contributed by atoms with Gasteiger partial charge in [-0.15, -0.1) is 0 Å². The van der Waals surface area contributed by atoms with Gasteiger partial charge < -0.3 is 57.9 Å². The van der Waals surface area contributed by atoms with Gasteiger partial charge >= 0.3 is 5.97 Å². The average molecular weight is 480 g/mol. The van der Waals surface area contributed by atoms with E-state index in [9.17, 15) is 39.0 Å². The first-order valence-electron chi connectivity index (χ1n) is 9.37. The summed E-state index contributed by atoms with van der Waals surface area (Å²) in [6.07, 6.45) is 0. The van der Waals surface area contributed by atoms with Crippen molar-refractivity contribution in [1.29, 1.82) is 0 Å². The monoisotopic (exact) mass is 480 g/mol. The zero-order valence-electron chi connectivity index (χ0n) is 17.3. The van der Waals surface area contributed by atoms with Crippen molar-refractivity contribution in [2.75, 3.05) is 39.5 Å². The molecule has 0 aromatic heterocycles. The summed E-state index contributed by atoms with van der Waals surface area (Å²) in [5, 5.41) is 55.4. The first-order valence-corrected chi connectivity index (χ1v) is 9.37. The van der Waals surface area contributed by atoms with Crippen molar-refractivity contribution in [1.82, 2.24) is 26.6 Å². The summed E-state index contributed by atoms with van der Waals surface area (Å²) in [5.41, 5.74) is 5.08. The quantitative estimate of drug-likeness (QED) is 0.104. The first kappa shape index (κ1) is 29.6.